The van der Waals surface area contributed by atoms with E-state index in [1.165, 1.54) is 7.11 Å². The van der Waals surface area contributed by atoms with E-state index in [-0.39, 0.29) is 42.9 Å². The van der Waals surface area contributed by atoms with Crippen molar-refractivity contribution in [2.45, 2.75) is 31.2 Å². The van der Waals surface area contributed by atoms with E-state index < -0.39 is 0 Å². The Kier molecular flexibility index (Phi) is 11.4. The highest BCUT2D eigenvalue weighted by Crippen LogP contribution is 2.32. The van der Waals surface area contributed by atoms with Crippen LogP contribution in [0.2, 0.25) is 0 Å². The quantitative estimate of drug-likeness (QED) is 0.250. The number of carbonyl (C=O) groups is 1. The molecule has 2 aromatic carbocycles. The Morgan fingerprint density at radius 3 is 2.44 bits per heavy atom. The van der Waals surface area contributed by atoms with Crippen LogP contribution in [-0.2, 0) is 30.3 Å². The highest BCUT2D eigenvalue weighted by molar-refractivity contribution is 5.80. The van der Waals surface area contributed by atoms with E-state index in [2.05, 4.69) is 10.6 Å². The van der Waals surface area contributed by atoms with Crippen LogP contribution in [0, 0.1) is 0 Å². The molecule has 0 amide bonds. The first-order chi connectivity index (χ1) is 17.5. The van der Waals surface area contributed by atoms with Crippen molar-refractivity contribution >= 4 is 11.5 Å². The molecule has 2 aromatic rings. The number of nitrogens with one attached hydrogen (secondary N) is 2. The summed E-state index contributed by atoms with van der Waals surface area (Å²) in [6, 6.07) is 13.3. The van der Waals surface area contributed by atoms with Crippen LogP contribution in [0.25, 0.3) is 0 Å². The molecule has 36 heavy (non-hydrogen) atoms. The molecule has 1 fully saturated rings. The van der Waals surface area contributed by atoms with Gasteiger partial charge in [0.25, 0.3) is 0 Å². The summed E-state index contributed by atoms with van der Waals surface area (Å²) in [4.78, 5) is 12.0. The zero-order chi connectivity index (χ0) is 25.8. The molecule has 9 heteroatoms. The number of ketones is 1. The minimum Gasteiger partial charge on any atom is -0.506 e. The topological polar surface area (TPSA) is 108 Å². The molecule has 9 nitrogen and oxygen atoms in total. The molecule has 1 aliphatic rings. The SMILES string of the molecule is COCCCNc1cc(CO[C@H]2CNC[C@@H](OCC(=O)COC)C2c2ccc(OC)cc2)ccc1O. The van der Waals surface area contributed by atoms with Crippen molar-refractivity contribution in [3.8, 4) is 11.5 Å². The van der Waals surface area contributed by atoms with Gasteiger partial charge in [-0.1, -0.05) is 18.2 Å². The summed E-state index contributed by atoms with van der Waals surface area (Å²) in [5.41, 5.74) is 2.66. The second-order valence-corrected chi connectivity index (χ2v) is 8.75. The second kappa shape index (κ2) is 14.8. The van der Waals surface area contributed by atoms with Gasteiger partial charge in [-0.3, -0.25) is 4.79 Å². The zero-order valence-electron chi connectivity index (χ0n) is 21.3. The molecule has 198 valence electrons. The highest BCUT2D eigenvalue weighted by Gasteiger charge is 2.36. The fourth-order valence-electron chi connectivity index (χ4n) is 4.30. The normalized spacial score (nSPS) is 19.7. The lowest BCUT2D eigenvalue weighted by atomic mass is 9.85. The van der Waals surface area contributed by atoms with Gasteiger partial charge in [-0.05, 0) is 41.8 Å². The smallest absolute Gasteiger partial charge is 0.183 e. The van der Waals surface area contributed by atoms with Crippen LogP contribution in [0.3, 0.4) is 0 Å². The van der Waals surface area contributed by atoms with Gasteiger partial charge in [0.05, 0.1) is 31.6 Å². The van der Waals surface area contributed by atoms with E-state index in [4.69, 9.17) is 23.7 Å². The number of piperidine rings is 1. The molecule has 3 atom stereocenters. The zero-order valence-corrected chi connectivity index (χ0v) is 21.3. The third-order valence-corrected chi connectivity index (χ3v) is 6.12. The molecule has 0 aromatic heterocycles. The predicted molar refractivity (Wildman–Crippen MR) is 137 cm³/mol. The molecule has 0 aliphatic carbocycles. The van der Waals surface area contributed by atoms with Gasteiger partial charge < -0.3 is 39.4 Å². The summed E-state index contributed by atoms with van der Waals surface area (Å²) >= 11 is 0. The Hall–Kier alpha value is -2.69. The lowest BCUT2D eigenvalue weighted by Crippen LogP contribution is -2.51. The summed E-state index contributed by atoms with van der Waals surface area (Å²) in [5.74, 6) is 0.771. The van der Waals surface area contributed by atoms with E-state index in [1.54, 1.807) is 20.3 Å². The molecule has 3 N–H and O–H groups in total. The molecule has 0 radical (unpaired) electrons. The van der Waals surface area contributed by atoms with Crippen molar-refractivity contribution in [3.63, 3.8) is 0 Å². The Bertz CT molecular complexity index is 938. The summed E-state index contributed by atoms with van der Waals surface area (Å²) in [6.07, 6.45) is 0.389. The van der Waals surface area contributed by atoms with Crippen LogP contribution >= 0.6 is 0 Å². The van der Waals surface area contributed by atoms with Gasteiger partial charge in [-0.15, -0.1) is 0 Å². The average molecular weight is 503 g/mol. The van der Waals surface area contributed by atoms with Crippen molar-refractivity contribution in [3.05, 3.63) is 53.6 Å². The van der Waals surface area contributed by atoms with E-state index in [0.29, 0.717) is 38.5 Å². The first kappa shape index (κ1) is 27.9. The number of ether oxygens (including phenoxy) is 5. The van der Waals surface area contributed by atoms with Crippen LogP contribution in [0.4, 0.5) is 5.69 Å². The van der Waals surface area contributed by atoms with Crippen LogP contribution in [0.5, 0.6) is 11.5 Å². The maximum atomic E-state index is 12.0. The summed E-state index contributed by atoms with van der Waals surface area (Å²) in [6.45, 7) is 2.96. The van der Waals surface area contributed by atoms with Gasteiger partial charge in [0.1, 0.15) is 24.7 Å². The molecule has 3 rings (SSSR count). The number of hydrogen-bond acceptors (Lipinski definition) is 9. The lowest BCUT2D eigenvalue weighted by molar-refractivity contribution is -0.132. The first-order valence-corrected chi connectivity index (χ1v) is 12.2. The molecular weight excluding hydrogens is 464 g/mol. The molecule has 1 aliphatic heterocycles. The number of benzene rings is 2. The standard InChI is InChI=1S/C27H38N2O7/c1-32-12-4-11-29-23-13-19(5-10-24(23)31)16-35-25-14-28-15-26(36-18-21(30)17-33-2)27(25)20-6-8-22(34-3)9-7-20/h5-10,13,25-29,31H,4,11-12,14-18H2,1-3H3/t25-,26+,27?/m0/s1. The molecule has 1 unspecified atom stereocenters. The second-order valence-electron chi connectivity index (χ2n) is 8.75. The van der Waals surface area contributed by atoms with E-state index >= 15 is 0 Å². The molecule has 1 saturated heterocycles. The van der Waals surface area contributed by atoms with Gasteiger partial charge in [0.2, 0.25) is 0 Å². The minimum absolute atomic E-state index is 0.0182. The van der Waals surface area contributed by atoms with Crippen LogP contribution in [0.1, 0.15) is 23.5 Å². The number of hydrogen-bond donors (Lipinski definition) is 3. The molecule has 0 saturated carbocycles. The first-order valence-electron chi connectivity index (χ1n) is 12.2. The number of methoxy groups -OCH3 is 3. The van der Waals surface area contributed by atoms with Crippen molar-refractivity contribution < 1.29 is 33.6 Å². The van der Waals surface area contributed by atoms with Crippen molar-refractivity contribution in [1.82, 2.24) is 5.32 Å². The van der Waals surface area contributed by atoms with Crippen LogP contribution in [0.15, 0.2) is 42.5 Å². The Labute approximate surface area is 213 Å². The number of aromatic hydroxyl groups is 1. The summed E-state index contributed by atoms with van der Waals surface area (Å²) < 4.78 is 27.8. The minimum atomic E-state index is -0.254. The van der Waals surface area contributed by atoms with Crippen LogP contribution < -0.4 is 15.4 Å². The van der Waals surface area contributed by atoms with E-state index in [1.807, 2.05) is 36.4 Å². The van der Waals surface area contributed by atoms with Crippen molar-refractivity contribution in [2.75, 3.05) is 66.1 Å². The maximum absolute atomic E-state index is 12.0. The van der Waals surface area contributed by atoms with Crippen LogP contribution in [-0.4, -0.2) is 83.9 Å². The predicted octanol–water partition coefficient (Wildman–Crippen LogP) is 2.72. The van der Waals surface area contributed by atoms with E-state index in [0.717, 1.165) is 23.3 Å². The Balaban J connectivity index is 1.71. The number of carbonyl (C=O) groups excluding carboxylic acids is 1. The van der Waals surface area contributed by atoms with Crippen molar-refractivity contribution in [1.29, 1.82) is 0 Å². The molecular formula is C27H38N2O7. The number of phenolic OH excluding ortho intramolecular Hbond substituents is 1. The molecule has 0 spiro atoms. The highest BCUT2D eigenvalue weighted by atomic mass is 16.5. The Morgan fingerprint density at radius 1 is 1.00 bits per heavy atom. The van der Waals surface area contributed by atoms with Gasteiger partial charge in [0.15, 0.2) is 5.78 Å². The number of phenols is 1. The van der Waals surface area contributed by atoms with Gasteiger partial charge in [-0.2, -0.15) is 0 Å². The number of Topliss-reactive ketones (excluding diaryl/α,β-unsaturated/α-hetero) is 1. The number of rotatable bonds is 15. The van der Waals surface area contributed by atoms with Gasteiger partial charge in [-0.25, -0.2) is 0 Å². The Morgan fingerprint density at radius 2 is 1.75 bits per heavy atom. The van der Waals surface area contributed by atoms with Crippen molar-refractivity contribution in [2.24, 2.45) is 0 Å². The largest absolute Gasteiger partial charge is 0.506 e. The average Bonchev–Trinajstić information content (AvgIpc) is 2.90. The molecule has 1 heterocycles. The summed E-state index contributed by atoms with van der Waals surface area (Å²) in [7, 11) is 4.80. The van der Waals surface area contributed by atoms with E-state index in [9.17, 15) is 9.90 Å². The fraction of sp³-hybridized carbons (Fsp3) is 0.519. The maximum Gasteiger partial charge on any atom is 0.183 e. The third-order valence-electron chi connectivity index (χ3n) is 6.12. The third kappa shape index (κ3) is 8.18. The summed E-state index contributed by atoms with van der Waals surface area (Å²) in [5, 5.41) is 16.8. The lowest BCUT2D eigenvalue weighted by Gasteiger charge is -2.38. The van der Waals surface area contributed by atoms with Gasteiger partial charge >= 0.3 is 0 Å². The number of anilines is 1. The molecule has 0 bridgehead atoms. The fourth-order valence-corrected chi connectivity index (χ4v) is 4.30. The monoisotopic (exact) mass is 502 g/mol. The van der Waals surface area contributed by atoms with Gasteiger partial charge in [0, 0.05) is 46.4 Å².